The third kappa shape index (κ3) is 20.1. The molecule has 0 aromatic rings. The molecule has 0 rings (SSSR count). The summed E-state index contributed by atoms with van der Waals surface area (Å²) < 4.78 is 5.13. The number of rotatable bonds is 23. The molecule has 0 amide bonds. The molecule has 0 bridgehead atoms. The van der Waals surface area contributed by atoms with Gasteiger partial charge in [0.25, 0.3) is 0 Å². The Balaban J connectivity index is 3.52. The highest BCUT2D eigenvalue weighted by Gasteiger charge is 2.09. The summed E-state index contributed by atoms with van der Waals surface area (Å²) in [6, 6.07) is 0. The fraction of sp³-hybridized carbons (Fsp3) is 0.769. The van der Waals surface area contributed by atoms with Crippen LogP contribution in [-0.2, 0) is 14.3 Å². The van der Waals surface area contributed by atoms with Crippen molar-refractivity contribution in [1.82, 2.24) is 0 Å². The average Bonchev–Trinajstić information content (AvgIpc) is 2.74. The van der Waals surface area contributed by atoms with E-state index < -0.39 is 11.9 Å². The van der Waals surface area contributed by atoms with E-state index in [1.165, 1.54) is 89.9 Å². The fourth-order valence-electron chi connectivity index (χ4n) is 3.52. The normalized spacial score (nSPS) is 11.6. The van der Waals surface area contributed by atoms with Crippen molar-refractivity contribution in [2.24, 2.45) is 0 Å². The Morgan fingerprint density at radius 2 is 1.10 bits per heavy atom. The fourth-order valence-corrected chi connectivity index (χ4v) is 3.52. The van der Waals surface area contributed by atoms with Gasteiger partial charge in [0, 0.05) is 0 Å². The zero-order valence-electron chi connectivity index (χ0n) is 19.8. The minimum absolute atomic E-state index is 0.0810. The van der Waals surface area contributed by atoms with Crippen molar-refractivity contribution in [1.29, 1.82) is 0 Å². The number of aliphatic carboxylic acids is 2. The minimum atomic E-state index is -1.13. The molecule has 5 nitrogen and oxygen atoms in total. The van der Waals surface area contributed by atoms with Crippen LogP contribution in [0.5, 0.6) is 0 Å². The molecule has 0 spiro atoms. The van der Waals surface area contributed by atoms with Crippen LogP contribution >= 0.6 is 0 Å². The van der Waals surface area contributed by atoms with Crippen LogP contribution < -0.4 is 0 Å². The van der Waals surface area contributed by atoms with Gasteiger partial charge in [-0.05, 0) is 12.8 Å². The first-order valence-electron chi connectivity index (χ1n) is 12.4. The largest absolute Gasteiger partial charge is 0.478 e. The van der Waals surface area contributed by atoms with Gasteiger partial charge in [0.15, 0.2) is 0 Å². The van der Waals surface area contributed by atoms with E-state index in [4.69, 9.17) is 9.84 Å². The van der Waals surface area contributed by atoms with Crippen LogP contribution in [0.2, 0.25) is 0 Å². The smallest absolute Gasteiger partial charge is 0.333 e. The number of allylic oxidation sites excluding steroid dienone is 1. The van der Waals surface area contributed by atoms with Gasteiger partial charge in [-0.1, -0.05) is 116 Å². The van der Waals surface area contributed by atoms with Gasteiger partial charge in [-0.15, -0.1) is 0 Å². The standard InChI is InChI=1S/C26H46O5/c1-3-4-5-6-7-8-9-10-11-12-13-14-15-16-17-18-19-20-24(26(29)30)22-31-21-23(2)25(27)28/h20H,2-19,21-22H2,1H3,(H,27,28)(H,29,30). The van der Waals surface area contributed by atoms with E-state index >= 15 is 0 Å². The Morgan fingerprint density at radius 1 is 0.677 bits per heavy atom. The summed E-state index contributed by atoms with van der Waals surface area (Å²) in [4.78, 5) is 21.9. The predicted octanol–water partition coefficient (Wildman–Crippen LogP) is 7.31. The molecule has 0 atom stereocenters. The first-order valence-corrected chi connectivity index (χ1v) is 12.4. The van der Waals surface area contributed by atoms with Gasteiger partial charge in [0.1, 0.15) is 0 Å². The lowest BCUT2D eigenvalue weighted by molar-refractivity contribution is -0.133. The molecular weight excluding hydrogens is 392 g/mol. The molecule has 0 saturated heterocycles. The first-order chi connectivity index (χ1) is 15.0. The second-order valence-corrected chi connectivity index (χ2v) is 8.53. The van der Waals surface area contributed by atoms with Crippen LogP contribution in [0.1, 0.15) is 116 Å². The van der Waals surface area contributed by atoms with Gasteiger partial charge in [-0.25, -0.2) is 9.59 Å². The molecule has 5 heteroatoms. The summed E-state index contributed by atoms with van der Waals surface area (Å²) in [5, 5.41) is 17.9. The number of hydrogen-bond donors (Lipinski definition) is 2. The number of carbonyl (C=O) groups is 2. The van der Waals surface area contributed by atoms with Gasteiger partial charge in [0.05, 0.1) is 24.4 Å². The summed E-state index contributed by atoms with van der Waals surface area (Å²) >= 11 is 0. The van der Waals surface area contributed by atoms with E-state index in [1.54, 1.807) is 6.08 Å². The number of unbranched alkanes of at least 4 members (excludes halogenated alkanes) is 16. The van der Waals surface area contributed by atoms with E-state index in [9.17, 15) is 14.7 Å². The van der Waals surface area contributed by atoms with E-state index in [-0.39, 0.29) is 24.4 Å². The quantitative estimate of drug-likeness (QED) is 0.129. The third-order valence-corrected chi connectivity index (χ3v) is 5.56. The van der Waals surface area contributed by atoms with E-state index in [0.717, 1.165) is 12.8 Å². The lowest BCUT2D eigenvalue weighted by Crippen LogP contribution is -2.12. The van der Waals surface area contributed by atoms with Crippen LogP contribution in [0, 0.1) is 0 Å². The third-order valence-electron chi connectivity index (χ3n) is 5.56. The van der Waals surface area contributed by atoms with Gasteiger partial charge in [0.2, 0.25) is 0 Å². The van der Waals surface area contributed by atoms with Crippen LogP contribution in [0.15, 0.2) is 23.8 Å². The van der Waals surface area contributed by atoms with Gasteiger partial charge >= 0.3 is 11.9 Å². The second kappa shape index (κ2) is 21.6. The SMILES string of the molecule is C=C(COCC(=CCCCCCCCCCCCCCCCCCC)C(=O)O)C(=O)O. The van der Waals surface area contributed by atoms with Crippen molar-refractivity contribution < 1.29 is 24.5 Å². The lowest BCUT2D eigenvalue weighted by Gasteiger charge is -2.05. The van der Waals surface area contributed by atoms with Gasteiger partial charge in [-0.3, -0.25) is 0 Å². The average molecular weight is 439 g/mol. The van der Waals surface area contributed by atoms with Crippen LogP contribution in [-0.4, -0.2) is 35.4 Å². The predicted molar refractivity (Wildman–Crippen MR) is 127 cm³/mol. The van der Waals surface area contributed by atoms with Crippen LogP contribution in [0.4, 0.5) is 0 Å². The molecule has 2 N–H and O–H groups in total. The highest BCUT2D eigenvalue weighted by Crippen LogP contribution is 2.14. The van der Waals surface area contributed by atoms with Crippen LogP contribution in [0.3, 0.4) is 0 Å². The van der Waals surface area contributed by atoms with Crippen molar-refractivity contribution in [3.8, 4) is 0 Å². The van der Waals surface area contributed by atoms with E-state index in [1.807, 2.05) is 0 Å². The molecule has 0 aromatic heterocycles. The van der Waals surface area contributed by atoms with Crippen molar-refractivity contribution in [2.75, 3.05) is 13.2 Å². The Hall–Kier alpha value is -1.62. The number of ether oxygens (including phenoxy) is 1. The van der Waals surface area contributed by atoms with Gasteiger partial charge < -0.3 is 14.9 Å². The molecule has 0 aliphatic carbocycles. The minimum Gasteiger partial charge on any atom is -0.478 e. The number of carboxylic acids is 2. The molecule has 180 valence electrons. The molecule has 0 heterocycles. The topological polar surface area (TPSA) is 83.8 Å². The highest BCUT2D eigenvalue weighted by molar-refractivity contribution is 5.87. The maximum Gasteiger partial charge on any atom is 0.333 e. The maximum absolute atomic E-state index is 11.2. The Morgan fingerprint density at radius 3 is 1.48 bits per heavy atom. The summed E-state index contributed by atoms with van der Waals surface area (Å²) in [7, 11) is 0. The molecule has 0 aromatic carbocycles. The molecule has 0 aliphatic heterocycles. The van der Waals surface area contributed by atoms with E-state index in [2.05, 4.69) is 13.5 Å². The molecule has 31 heavy (non-hydrogen) atoms. The van der Waals surface area contributed by atoms with Crippen molar-refractivity contribution in [2.45, 2.75) is 116 Å². The highest BCUT2D eigenvalue weighted by atomic mass is 16.5. The summed E-state index contributed by atoms with van der Waals surface area (Å²) in [5.74, 6) is -2.15. The molecule has 0 fully saturated rings. The zero-order chi connectivity index (χ0) is 23.2. The van der Waals surface area contributed by atoms with Gasteiger partial charge in [-0.2, -0.15) is 0 Å². The van der Waals surface area contributed by atoms with Crippen molar-refractivity contribution in [3.05, 3.63) is 23.8 Å². The molecular formula is C26H46O5. The first kappa shape index (κ1) is 29.4. The van der Waals surface area contributed by atoms with E-state index in [0.29, 0.717) is 6.42 Å². The molecule has 0 aliphatic rings. The van der Waals surface area contributed by atoms with Crippen molar-refractivity contribution in [3.63, 3.8) is 0 Å². The molecule has 0 unspecified atom stereocenters. The Labute approximate surface area is 190 Å². The Bertz CT molecular complexity index is 510. The summed E-state index contributed by atoms with van der Waals surface area (Å²) in [6.45, 7) is 5.35. The molecule has 0 saturated carbocycles. The zero-order valence-corrected chi connectivity index (χ0v) is 19.8. The summed E-state index contributed by atoms with van der Waals surface area (Å²) in [5.41, 5.74) is 0.0988. The lowest BCUT2D eigenvalue weighted by atomic mass is 10.0. The maximum atomic E-state index is 11.2. The van der Waals surface area contributed by atoms with Crippen LogP contribution in [0.25, 0.3) is 0 Å². The van der Waals surface area contributed by atoms with Crippen molar-refractivity contribution >= 4 is 11.9 Å². The second-order valence-electron chi connectivity index (χ2n) is 8.53. The number of hydrogen-bond acceptors (Lipinski definition) is 3. The Kier molecular flexibility index (Phi) is 20.5. The monoisotopic (exact) mass is 438 g/mol. The summed E-state index contributed by atoms with van der Waals surface area (Å²) in [6.07, 6.45) is 23.4. The number of carboxylic acid groups (broad SMARTS) is 2. The molecule has 0 radical (unpaired) electrons.